The molecule has 2 rings (SSSR count). The molecule has 0 radical (unpaired) electrons. The molecule has 0 saturated carbocycles. The summed E-state index contributed by atoms with van der Waals surface area (Å²) in [6.45, 7) is 6.13. The Morgan fingerprint density at radius 2 is 2.04 bits per heavy atom. The van der Waals surface area contributed by atoms with E-state index in [1.165, 1.54) is 6.26 Å². The molecular formula is C15H22N4O3S. The largest absolute Gasteiger partial charge is 0.459 e. The molecule has 0 aromatic carbocycles. The standard InChI is InChI=1S/C15H22N4O3S/c1-11(2)9-17-15(23)19-7-4-6-18(19)13(20)10-16-14(21)12-5-3-8-22-12/h3,5,8,11H,4,6-7,9-10H2,1-2H3,(H,16,21)(H,17,23). The number of hydrazine groups is 1. The summed E-state index contributed by atoms with van der Waals surface area (Å²) in [5, 5.41) is 9.60. The summed E-state index contributed by atoms with van der Waals surface area (Å²) in [6, 6.07) is 3.17. The van der Waals surface area contributed by atoms with Gasteiger partial charge in [0.15, 0.2) is 10.9 Å². The van der Waals surface area contributed by atoms with Crippen LogP contribution in [0.15, 0.2) is 22.8 Å². The monoisotopic (exact) mass is 338 g/mol. The molecule has 2 amide bonds. The van der Waals surface area contributed by atoms with E-state index in [1.54, 1.807) is 22.2 Å². The topological polar surface area (TPSA) is 77.8 Å². The third kappa shape index (κ3) is 4.69. The predicted octanol–water partition coefficient (Wildman–Crippen LogP) is 0.989. The van der Waals surface area contributed by atoms with Crippen LogP contribution in [0.3, 0.4) is 0 Å². The molecule has 0 spiro atoms. The summed E-state index contributed by atoms with van der Waals surface area (Å²) < 4.78 is 4.99. The van der Waals surface area contributed by atoms with Gasteiger partial charge in [-0.1, -0.05) is 13.8 Å². The van der Waals surface area contributed by atoms with Gasteiger partial charge < -0.3 is 15.1 Å². The van der Waals surface area contributed by atoms with Crippen molar-refractivity contribution in [3.63, 3.8) is 0 Å². The van der Waals surface area contributed by atoms with Gasteiger partial charge >= 0.3 is 0 Å². The highest BCUT2D eigenvalue weighted by Gasteiger charge is 2.28. The van der Waals surface area contributed by atoms with Gasteiger partial charge in [0, 0.05) is 19.6 Å². The lowest BCUT2D eigenvalue weighted by Gasteiger charge is -2.30. The molecule has 1 saturated heterocycles. The number of nitrogens with zero attached hydrogens (tertiary/aromatic N) is 2. The van der Waals surface area contributed by atoms with E-state index in [9.17, 15) is 9.59 Å². The average molecular weight is 338 g/mol. The third-order valence-corrected chi connectivity index (χ3v) is 3.72. The van der Waals surface area contributed by atoms with Crippen LogP contribution in [-0.4, -0.2) is 53.1 Å². The summed E-state index contributed by atoms with van der Waals surface area (Å²) >= 11 is 5.35. The Labute approximate surface area is 141 Å². The molecule has 1 aromatic rings. The first-order chi connectivity index (χ1) is 11.0. The molecule has 1 aliphatic heterocycles. The van der Waals surface area contributed by atoms with Crippen molar-refractivity contribution in [2.45, 2.75) is 20.3 Å². The Morgan fingerprint density at radius 3 is 2.70 bits per heavy atom. The second-order valence-electron chi connectivity index (χ2n) is 5.73. The number of amides is 2. The van der Waals surface area contributed by atoms with Crippen molar-refractivity contribution in [2.24, 2.45) is 5.92 Å². The number of furan rings is 1. The van der Waals surface area contributed by atoms with Crippen LogP contribution in [-0.2, 0) is 4.79 Å². The number of hydrogen-bond acceptors (Lipinski definition) is 4. The van der Waals surface area contributed by atoms with Crippen LogP contribution in [0.1, 0.15) is 30.8 Å². The first-order valence-corrected chi connectivity index (χ1v) is 8.07. The van der Waals surface area contributed by atoms with E-state index in [2.05, 4.69) is 24.5 Å². The highest BCUT2D eigenvalue weighted by molar-refractivity contribution is 7.80. The van der Waals surface area contributed by atoms with Crippen LogP contribution in [0.25, 0.3) is 0 Å². The summed E-state index contributed by atoms with van der Waals surface area (Å²) in [4.78, 5) is 24.1. The second-order valence-corrected chi connectivity index (χ2v) is 6.12. The first-order valence-electron chi connectivity index (χ1n) is 7.66. The Balaban J connectivity index is 1.85. The van der Waals surface area contributed by atoms with E-state index < -0.39 is 5.91 Å². The Morgan fingerprint density at radius 1 is 1.30 bits per heavy atom. The minimum absolute atomic E-state index is 0.0944. The summed E-state index contributed by atoms with van der Waals surface area (Å²) in [7, 11) is 0. The fourth-order valence-corrected chi connectivity index (χ4v) is 2.48. The minimum Gasteiger partial charge on any atom is -0.459 e. The fourth-order valence-electron chi connectivity index (χ4n) is 2.21. The van der Waals surface area contributed by atoms with E-state index in [0.717, 1.165) is 13.0 Å². The number of thiocarbonyl (C=S) groups is 1. The first kappa shape index (κ1) is 17.3. The number of nitrogens with one attached hydrogen (secondary N) is 2. The normalized spacial score (nSPS) is 14.2. The third-order valence-electron chi connectivity index (χ3n) is 3.36. The fraction of sp³-hybridized carbons (Fsp3) is 0.533. The van der Waals surface area contributed by atoms with Gasteiger partial charge in [0.25, 0.3) is 11.8 Å². The quantitative estimate of drug-likeness (QED) is 0.780. The van der Waals surface area contributed by atoms with Gasteiger partial charge in [-0.3, -0.25) is 19.6 Å². The zero-order chi connectivity index (χ0) is 16.8. The van der Waals surface area contributed by atoms with Crippen molar-refractivity contribution in [2.75, 3.05) is 26.2 Å². The van der Waals surface area contributed by atoms with E-state index >= 15 is 0 Å². The SMILES string of the molecule is CC(C)CNC(=S)N1CCCN1C(=O)CNC(=O)c1ccco1. The van der Waals surface area contributed by atoms with Crippen molar-refractivity contribution in [3.05, 3.63) is 24.2 Å². The van der Waals surface area contributed by atoms with Crippen LogP contribution >= 0.6 is 12.2 Å². The highest BCUT2D eigenvalue weighted by atomic mass is 32.1. The van der Waals surface area contributed by atoms with E-state index in [4.69, 9.17) is 16.6 Å². The second kappa shape index (κ2) is 7.96. The average Bonchev–Trinajstić information content (AvgIpc) is 3.20. The highest BCUT2D eigenvalue weighted by Crippen LogP contribution is 2.11. The number of hydrogen-bond donors (Lipinski definition) is 2. The molecule has 1 fully saturated rings. The molecule has 7 nitrogen and oxygen atoms in total. The van der Waals surface area contributed by atoms with Gasteiger partial charge in [0.05, 0.1) is 12.8 Å². The lowest BCUT2D eigenvalue weighted by molar-refractivity contribution is -0.137. The summed E-state index contributed by atoms with van der Waals surface area (Å²) in [5.74, 6) is 0.0446. The Kier molecular flexibility index (Phi) is 5.97. The smallest absolute Gasteiger partial charge is 0.287 e. The number of carbonyl (C=O) groups is 2. The molecule has 126 valence electrons. The maximum absolute atomic E-state index is 12.3. The van der Waals surface area contributed by atoms with Gasteiger partial charge in [0.2, 0.25) is 0 Å². The van der Waals surface area contributed by atoms with Gasteiger partial charge in [-0.2, -0.15) is 0 Å². The lowest BCUT2D eigenvalue weighted by Crippen LogP contribution is -2.52. The molecular weight excluding hydrogens is 316 g/mol. The summed E-state index contributed by atoms with van der Waals surface area (Å²) in [6.07, 6.45) is 2.26. The predicted molar refractivity (Wildman–Crippen MR) is 89.5 cm³/mol. The van der Waals surface area contributed by atoms with E-state index in [1.807, 2.05) is 0 Å². The molecule has 0 unspecified atom stereocenters. The maximum Gasteiger partial charge on any atom is 0.287 e. The Bertz CT molecular complexity index is 559. The van der Waals surface area contributed by atoms with Crippen LogP contribution < -0.4 is 10.6 Å². The molecule has 2 heterocycles. The van der Waals surface area contributed by atoms with Gasteiger partial charge in [0.1, 0.15) is 0 Å². The molecule has 23 heavy (non-hydrogen) atoms. The van der Waals surface area contributed by atoms with Gasteiger partial charge in [-0.05, 0) is 36.7 Å². The van der Waals surface area contributed by atoms with Crippen molar-refractivity contribution < 1.29 is 14.0 Å². The zero-order valence-corrected chi connectivity index (χ0v) is 14.2. The summed E-state index contributed by atoms with van der Waals surface area (Å²) in [5.41, 5.74) is 0. The van der Waals surface area contributed by atoms with Crippen molar-refractivity contribution in [1.82, 2.24) is 20.7 Å². The zero-order valence-electron chi connectivity index (χ0n) is 13.4. The minimum atomic E-state index is -0.408. The Hall–Kier alpha value is -2.09. The van der Waals surface area contributed by atoms with E-state index in [0.29, 0.717) is 24.1 Å². The van der Waals surface area contributed by atoms with Crippen LogP contribution in [0.5, 0.6) is 0 Å². The molecule has 0 atom stereocenters. The lowest BCUT2D eigenvalue weighted by atomic mass is 10.2. The van der Waals surface area contributed by atoms with Crippen LogP contribution in [0, 0.1) is 5.92 Å². The van der Waals surface area contributed by atoms with Crippen molar-refractivity contribution in [1.29, 1.82) is 0 Å². The number of rotatable bonds is 5. The molecule has 0 bridgehead atoms. The van der Waals surface area contributed by atoms with Gasteiger partial charge in [-0.15, -0.1) is 0 Å². The van der Waals surface area contributed by atoms with Crippen molar-refractivity contribution >= 4 is 29.1 Å². The number of carbonyl (C=O) groups excluding carboxylic acids is 2. The van der Waals surface area contributed by atoms with E-state index in [-0.39, 0.29) is 18.2 Å². The molecule has 0 aliphatic carbocycles. The molecule has 1 aliphatic rings. The van der Waals surface area contributed by atoms with Gasteiger partial charge in [-0.25, -0.2) is 0 Å². The van der Waals surface area contributed by atoms with Crippen molar-refractivity contribution in [3.8, 4) is 0 Å². The molecule has 1 aromatic heterocycles. The van der Waals surface area contributed by atoms with Crippen LogP contribution in [0.2, 0.25) is 0 Å². The molecule has 8 heteroatoms. The van der Waals surface area contributed by atoms with Crippen LogP contribution in [0.4, 0.5) is 0 Å². The molecule has 2 N–H and O–H groups in total. The maximum atomic E-state index is 12.3.